The Bertz CT molecular complexity index is 1640. The van der Waals surface area contributed by atoms with E-state index >= 15 is 0 Å². The molecule has 1 aliphatic carbocycles. The van der Waals surface area contributed by atoms with Crippen LogP contribution in [0, 0.1) is 0 Å². The van der Waals surface area contributed by atoms with Crippen LogP contribution in [-0.2, 0) is 5.41 Å². The second kappa shape index (κ2) is 6.11. The normalized spacial score (nSPS) is 14.2. The Hall–Kier alpha value is -3.84. The fourth-order valence-electron chi connectivity index (χ4n) is 5.92. The molecular formula is C31H23N. The molecule has 1 heterocycles. The van der Waals surface area contributed by atoms with E-state index in [9.17, 15) is 0 Å². The molecule has 1 heteroatoms. The maximum atomic E-state index is 2.44. The molecule has 0 atom stereocenters. The molecule has 5 aromatic carbocycles. The molecule has 0 unspecified atom stereocenters. The van der Waals surface area contributed by atoms with Crippen LogP contribution >= 0.6 is 0 Å². The second-order valence-electron chi connectivity index (χ2n) is 9.40. The molecule has 0 bridgehead atoms. The van der Waals surface area contributed by atoms with E-state index in [0.29, 0.717) is 0 Å². The van der Waals surface area contributed by atoms with Crippen molar-refractivity contribution in [1.29, 1.82) is 0 Å². The Morgan fingerprint density at radius 2 is 1.12 bits per heavy atom. The maximum Gasteiger partial charge on any atom is 0.0541 e. The van der Waals surface area contributed by atoms with E-state index in [1.54, 1.807) is 0 Å². The van der Waals surface area contributed by atoms with E-state index in [0.717, 1.165) is 0 Å². The topological polar surface area (TPSA) is 4.93 Å². The first kappa shape index (κ1) is 17.8. The van der Waals surface area contributed by atoms with Crippen LogP contribution in [0.1, 0.15) is 25.0 Å². The van der Waals surface area contributed by atoms with Crippen molar-refractivity contribution in [3.8, 4) is 16.8 Å². The molecule has 6 aromatic rings. The summed E-state index contributed by atoms with van der Waals surface area (Å²) in [6.07, 6.45) is 0. The van der Waals surface area contributed by atoms with E-state index in [-0.39, 0.29) is 5.41 Å². The number of para-hydroxylation sites is 2. The van der Waals surface area contributed by atoms with Crippen molar-refractivity contribution >= 4 is 32.6 Å². The minimum absolute atomic E-state index is 0.0168. The molecule has 1 aromatic heterocycles. The lowest BCUT2D eigenvalue weighted by atomic mass is 9.82. The van der Waals surface area contributed by atoms with Crippen LogP contribution in [0.25, 0.3) is 49.4 Å². The summed E-state index contributed by atoms with van der Waals surface area (Å²) in [6.45, 7) is 4.70. The first-order valence-corrected chi connectivity index (χ1v) is 11.3. The van der Waals surface area contributed by atoms with Crippen LogP contribution in [0.15, 0.2) is 103 Å². The van der Waals surface area contributed by atoms with Crippen LogP contribution in [0.4, 0.5) is 0 Å². The van der Waals surface area contributed by atoms with Gasteiger partial charge in [0.05, 0.1) is 16.7 Å². The number of nitrogens with zero attached hydrogens (tertiary/aromatic N) is 1. The maximum absolute atomic E-state index is 2.44. The first-order valence-electron chi connectivity index (χ1n) is 11.3. The molecule has 7 rings (SSSR count). The number of benzene rings is 5. The van der Waals surface area contributed by atoms with Crippen molar-refractivity contribution in [2.75, 3.05) is 0 Å². The third kappa shape index (κ3) is 2.13. The van der Waals surface area contributed by atoms with E-state index in [2.05, 4.69) is 122 Å². The van der Waals surface area contributed by atoms with Gasteiger partial charge in [0.2, 0.25) is 0 Å². The summed E-state index contributed by atoms with van der Waals surface area (Å²) in [7, 11) is 0. The Kier molecular flexibility index (Phi) is 3.40. The minimum Gasteiger partial charge on any atom is -0.309 e. The molecule has 0 spiro atoms. The third-order valence-electron chi connectivity index (χ3n) is 7.40. The molecule has 0 saturated carbocycles. The molecule has 0 aliphatic heterocycles. The van der Waals surface area contributed by atoms with Gasteiger partial charge >= 0.3 is 0 Å². The summed E-state index contributed by atoms with van der Waals surface area (Å²) in [5.41, 5.74) is 9.37. The van der Waals surface area contributed by atoms with Crippen LogP contribution in [-0.4, -0.2) is 4.57 Å². The smallest absolute Gasteiger partial charge is 0.0541 e. The van der Waals surface area contributed by atoms with Gasteiger partial charge in [0.15, 0.2) is 0 Å². The van der Waals surface area contributed by atoms with Gasteiger partial charge in [0.1, 0.15) is 0 Å². The highest BCUT2D eigenvalue weighted by Crippen LogP contribution is 2.51. The van der Waals surface area contributed by atoms with Crippen LogP contribution < -0.4 is 0 Å². The Balaban J connectivity index is 1.63. The lowest BCUT2D eigenvalue weighted by molar-refractivity contribution is 0.661. The second-order valence-corrected chi connectivity index (χ2v) is 9.40. The molecular weight excluding hydrogens is 386 g/mol. The molecule has 1 aliphatic rings. The molecule has 0 saturated heterocycles. The summed E-state index contributed by atoms with van der Waals surface area (Å²) >= 11 is 0. The fourth-order valence-corrected chi connectivity index (χ4v) is 5.92. The van der Waals surface area contributed by atoms with Crippen molar-refractivity contribution in [2.45, 2.75) is 19.3 Å². The lowest BCUT2D eigenvalue weighted by Gasteiger charge is -2.22. The molecule has 152 valence electrons. The molecule has 1 nitrogen and oxygen atoms in total. The predicted molar refractivity (Wildman–Crippen MR) is 136 cm³/mol. The quantitative estimate of drug-likeness (QED) is 0.258. The van der Waals surface area contributed by atoms with Gasteiger partial charge < -0.3 is 4.57 Å². The van der Waals surface area contributed by atoms with Crippen molar-refractivity contribution in [3.05, 3.63) is 114 Å². The van der Waals surface area contributed by atoms with E-state index < -0.39 is 0 Å². The van der Waals surface area contributed by atoms with Gasteiger partial charge in [-0.3, -0.25) is 0 Å². The van der Waals surface area contributed by atoms with Crippen molar-refractivity contribution in [2.24, 2.45) is 0 Å². The zero-order valence-electron chi connectivity index (χ0n) is 18.3. The number of aromatic nitrogens is 1. The van der Waals surface area contributed by atoms with Gasteiger partial charge in [-0.05, 0) is 45.8 Å². The first-order chi connectivity index (χ1) is 15.7. The van der Waals surface area contributed by atoms with Crippen LogP contribution in [0.3, 0.4) is 0 Å². The van der Waals surface area contributed by atoms with Gasteiger partial charge in [-0.1, -0.05) is 98.8 Å². The molecule has 0 fully saturated rings. The minimum atomic E-state index is 0.0168. The average Bonchev–Trinajstić information content (AvgIpc) is 3.29. The predicted octanol–water partition coefficient (Wildman–Crippen LogP) is 8.24. The van der Waals surface area contributed by atoms with Crippen LogP contribution in [0.5, 0.6) is 0 Å². The summed E-state index contributed by atoms with van der Waals surface area (Å²) in [4.78, 5) is 0. The van der Waals surface area contributed by atoms with Gasteiger partial charge in [-0.25, -0.2) is 0 Å². The standard InChI is InChI=1S/C31H23N/c1-31(2)25-14-6-3-12-24(25)30-23-13-9-17-29(22(23)18-19-26(30)31)32-27-15-7-4-10-20(27)21-11-5-8-16-28(21)32/h3-19H,1-2H3. The van der Waals surface area contributed by atoms with Gasteiger partial charge in [-0.2, -0.15) is 0 Å². The highest BCUT2D eigenvalue weighted by atomic mass is 15.0. The molecule has 32 heavy (non-hydrogen) atoms. The summed E-state index contributed by atoms with van der Waals surface area (Å²) in [5, 5.41) is 5.23. The Labute approximate surface area is 187 Å². The van der Waals surface area contributed by atoms with Crippen molar-refractivity contribution in [1.82, 2.24) is 4.57 Å². The zero-order valence-corrected chi connectivity index (χ0v) is 18.3. The summed E-state index contributed by atoms with van der Waals surface area (Å²) in [5.74, 6) is 0. The fraction of sp³-hybridized carbons (Fsp3) is 0.0968. The van der Waals surface area contributed by atoms with E-state index in [1.165, 1.54) is 60.5 Å². The highest BCUT2D eigenvalue weighted by molar-refractivity contribution is 6.12. The van der Waals surface area contributed by atoms with E-state index in [1.807, 2.05) is 0 Å². The number of hydrogen-bond acceptors (Lipinski definition) is 0. The largest absolute Gasteiger partial charge is 0.309 e. The van der Waals surface area contributed by atoms with E-state index in [4.69, 9.17) is 0 Å². The summed E-state index contributed by atoms with van der Waals surface area (Å²) in [6, 6.07) is 37.9. The SMILES string of the molecule is CC1(C)c2ccccc2-c2c1ccc1c(-n3c4ccccc4c4ccccc43)cccc21. The third-order valence-corrected chi connectivity index (χ3v) is 7.40. The number of fused-ring (bicyclic) bond motifs is 8. The Morgan fingerprint density at radius 3 is 1.88 bits per heavy atom. The summed E-state index contributed by atoms with van der Waals surface area (Å²) < 4.78 is 2.44. The molecule has 0 amide bonds. The number of hydrogen-bond donors (Lipinski definition) is 0. The average molecular weight is 410 g/mol. The lowest BCUT2D eigenvalue weighted by Crippen LogP contribution is -2.14. The molecule has 0 N–H and O–H groups in total. The van der Waals surface area contributed by atoms with Crippen molar-refractivity contribution in [3.63, 3.8) is 0 Å². The molecule has 0 radical (unpaired) electrons. The number of rotatable bonds is 1. The zero-order chi connectivity index (χ0) is 21.4. The van der Waals surface area contributed by atoms with Gasteiger partial charge in [0.25, 0.3) is 0 Å². The van der Waals surface area contributed by atoms with Crippen molar-refractivity contribution < 1.29 is 0 Å². The van der Waals surface area contributed by atoms with Gasteiger partial charge in [0, 0.05) is 21.6 Å². The highest BCUT2D eigenvalue weighted by Gasteiger charge is 2.36. The monoisotopic (exact) mass is 409 g/mol. The Morgan fingerprint density at radius 1 is 0.500 bits per heavy atom. The van der Waals surface area contributed by atoms with Gasteiger partial charge in [-0.15, -0.1) is 0 Å². The van der Waals surface area contributed by atoms with Crippen LogP contribution in [0.2, 0.25) is 0 Å².